The highest BCUT2D eigenvalue weighted by molar-refractivity contribution is 6.18. The van der Waals surface area contributed by atoms with E-state index in [0.717, 1.165) is 30.7 Å². The van der Waals surface area contributed by atoms with Crippen LogP contribution in [0.2, 0.25) is 0 Å². The normalized spacial score (nSPS) is 16.6. The molecule has 1 saturated carbocycles. The highest BCUT2D eigenvalue weighted by Crippen LogP contribution is 2.47. The Balaban J connectivity index is 1.90. The van der Waals surface area contributed by atoms with Gasteiger partial charge in [0.1, 0.15) is 32.0 Å². The van der Waals surface area contributed by atoms with Gasteiger partial charge < -0.3 is 24.4 Å². The average molecular weight is 545 g/mol. The van der Waals surface area contributed by atoms with Crippen LogP contribution in [0.1, 0.15) is 43.2 Å². The lowest BCUT2D eigenvalue weighted by Crippen LogP contribution is -2.31. The van der Waals surface area contributed by atoms with E-state index >= 15 is 8.78 Å². The van der Waals surface area contributed by atoms with Gasteiger partial charge in [-0.15, -0.1) is 18.0 Å². The third-order valence-corrected chi connectivity index (χ3v) is 6.68. The van der Waals surface area contributed by atoms with Crippen LogP contribution in [-0.2, 0) is 10.2 Å². The highest BCUT2D eigenvalue weighted by atomic mass is 35.5. The van der Waals surface area contributed by atoms with Crippen molar-refractivity contribution in [1.29, 1.82) is 0 Å². The van der Waals surface area contributed by atoms with Gasteiger partial charge in [0.15, 0.2) is 34.8 Å². The molecule has 2 unspecified atom stereocenters. The third kappa shape index (κ3) is 7.08. The lowest BCUT2D eigenvalue weighted by Gasteiger charge is -2.39. The van der Waals surface area contributed by atoms with E-state index in [0.29, 0.717) is 25.7 Å². The van der Waals surface area contributed by atoms with Crippen LogP contribution in [-0.4, -0.2) is 54.7 Å². The van der Waals surface area contributed by atoms with Gasteiger partial charge >= 0.3 is 0 Å². The molecule has 0 radical (unpaired) electrons. The lowest BCUT2D eigenvalue weighted by atomic mass is 9.65. The summed E-state index contributed by atoms with van der Waals surface area (Å²) in [7, 11) is 0. The molecular weight excluding hydrogens is 516 g/mol. The standard InChI is InChI=1S/C27H29ClF4O5/c1-2-8-35-14-20(34)16-37-26-23(31)11-18(12-24(26)32)27(6-4-3-5-7-27)17-9-21(29)25(22(30)10-17)36-15-19(33)13-28/h1,9-12,19-20,33-34H,3-8,13-16H2. The fourth-order valence-electron chi connectivity index (χ4n) is 4.55. The first-order chi connectivity index (χ1) is 17.7. The van der Waals surface area contributed by atoms with Crippen molar-refractivity contribution in [3.05, 3.63) is 58.7 Å². The average Bonchev–Trinajstić information content (AvgIpc) is 2.87. The Morgan fingerprint density at radius 1 is 0.811 bits per heavy atom. The summed E-state index contributed by atoms with van der Waals surface area (Å²) in [5, 5.41) is 19.4. The van der Waals surface area contributed by atoms with Crippen LogP contribution in [0.3, 0.4) is 0 Å². The minimum atomic E-state index is -1.16. The fraction of sp³-hybridized carbons (Fsp3) is 0.481. The number of halogens is 5. The zero-order valence-corrected chi connectivity index (χ0v) is 20.9. The number of hydrogen-bond donors (Lipinski definition) is 2. The molecule has 2 atom stereocenters. The zero-order valence-electron chi connectivity index (χ0n) is 20.1. The number of aliphatic hydroxyl groups excluding tert-OH is 2. The predicted octanol–water partition coefficient (Wildman–Crippen LogP) is 4.86. The first-order valence-electron chi connectivity index (χ1n) is 11.9. The number of alkyl halides is 1. The Morgan fingerprint density at radius 3 is 1.70 bits per heavy atom. The van der Waals surface area contributed by atoms with Crippen LogP contribution >= 0.6 is 11.6 Å². The second kappa shape index (κ2) is 13.3. The van der Waals surface area contributed by atoms with Crippen molar-refractivity contribution >= 4 is 11.6 Å². The second-order valence-corrected chi connectivity index (χ2v) is 9.29. The van der Waals surface area contributed by atoms with Crippen LogP contribution in [0.4, 0.5) is 17.6 Å². The summed E-state index contributed by atoms with van der Waals surface area (Å²) in [5.41, 5.74) is -0.602. The van der Waals surface area contributed by atoms with E-state index in [9.17, 15) is 19.0 Å². The van der Waals surface area contributed by atoms with Crippen molar-refractivity contribution in [2.24, 2.45) is 0 Å². The van der Waals surface area contributed by atoms with Gasteiger partial charge in [-0.2, -0.15) is 0 Å². The smallest absolute Gasteiger partial charge is 0.190 e. The molecule has 5 nitrogen and oxygen atoms in total. The minimum absolute atomic E-state index is 0.0276. The number of aliphatic hydroxyl groups is 2. The SMILES string of the molecule is C#CCOCC(O)COc1c(F)cc(C2(c3cc(F)c(OCC(O)CCl)c(F)c3)CCCCC2)cc1F. The number of benzene rings is 2. The molecule has 0 aromatic heterocycles. The molecule has 37 heavy (non-hydrogen) atoms. The van der Waals surface area contributed by atoms with E-state index in [1.165, 1.54) is 0 Å². The van der Waals surface area contributed by atoms with E-state index < -0.39 is 65.6 Å². The maximum absolute atomic E-state index is 15.0. The van der Waals surface area contributed by atoms with Gasteiger partial charge in [0, 0.05) is 5.41 Å². The largest absolute Gasteiger partial charge is 0.485 e. The molecule has 0 amide bonds. The summed E-state index contributed by atoms with van der Waals surface area (Å²) in [5.74, 6) is -3.28. The molecule has 0 spiro atoms. The van der Waals surface area contributed by atoms with Crippen LogP contribution < -0.4 is 9.47 Å². The van der Waals surface area contributed by atoms with Gasteiger partial charge in [-0.1, -0.05) is 25.2 Å². The molecule has 0 bridgehead atoms. The number of hydrogen-bond acceptors (Lipinski definition) is 5. The van der Waals surface area contributed by atoms with E-state index in [4.69, 9.17) is 32.2 Å². The third-order valence-electron chi connectivity index (χ3n) is 6.32. The number of terminal acetylenes is 1. The topological polar surface area (TPSA) is 68.2 Å². The fourth-order valence-corrected chi connectivity index (χ4v) is 4.64. The maximum Gasteiger partial charge on any atom is 0.190 e. The molecule has 1 aliphatic carbocycles. The van der Waals surface area contributed by atoms with Gasteiger partial charge in [-0.25, -0.2) is 17.6 Å². The molecule has 1 aliphatic rings. The minimum Gasteiger partial charge on any atom is -0.485 e. The van der Waals surface area contributed by atoms with Crippen LogP contribution in [0.5, 0.6) is 11.5 Å². The van der Waals surface area contributed by atoms with E-state index in [1.807, 2.05) is 0 Å². The Labute approximate surface area is 218 Å². The van der Waals surface area contributed by atoms with Crippen molar-refractivity contribution in [1.82, 2.24) is 0 Å². The maximum atomic E-state index is 15.0. The molecule has 2 aromatic rings. The van der Waals surface area contributed by atoms with Gasteiger partial charge in [0.25, 0.3) is 0 Å². The molecule has 202 valence electrons. The second-order valence-electron chi connectivity index (χ2n) is 8.98. The summed E-state index contributed by atoms with van der Waals surface area (Å²) < 4.78 is 75.1. The molecule has 0 heterocycles. The van der Waals surface area contributed by atoms with Gasteiger partial charge in [0.05, 0.1) is 12.5 Å². The molecule has 0 aliphatic heterocycles. The monoisotopic (exact) mass is 544 g/mol. The summed E-state index contributed by atoms with van der Waals surface area (Å²) in [4.78, 5) is 0. The van der Waals surface area contributed by atoms with Crippen molar-refractivity contribution in [3.63, 3.8) is 0 Å². The number of rotatable bonds is 12. The van der Waals surface area contributed by atoms with Crippen molar-refractivity contribution in [3.8, 4) is 23.8 Å². The summed E-state index contributed by atoms with van der Waals surface area (Å²) >= 11 is 5.50. The van der Waals surface area contributed by atoms with Crippen molar-refractivity contribution in [2.75, 3.05) is 32.3 Å². The predicted molar refractivity (Wildman–Crippen MR) is 130 cm³/mol. The van der Waals surface area contributed by atoms with Gasteiger partial charge in [-0.3, -0.25) is 0 Å². The van der Waals surface area contributed by atoms with Crippen LogP contribution in [0.25, 0.3) is 0 Å². The first-order valence-corrected chi connectivity index (χ1v) is 12.4. The molecule has 0 saturated heterocycles. The molecule has 10 heteroatoms. The van der Waals surface area contributed by atoms with Crippen molar-refractivity contribution < 1.29 is 42.0 Å². The van der Waals surface area contributed by atoms with Gasteiger partial charge in [0.2, 0.25) is 0 Å². The molecule has 2 aromatic carbocycles. The van der Waals surface area contributed by atoms with E-state index in [-0.39, 0.29) is 30.2 Å². The quantitative estimate of drug-likeness (QED) is 0.173. The first kappa shape index (κ1) is 29.1. The lowest BCUT2D eigenvalue weighted by molar-refractivity contribution is 0.0211. The Kier molecular flexibility index (Phi) is 10.5. The van der Waals surface area contributed by atoms with Crippen molar-refractivity contribution in [2.45, 2.75) is 49.7 Å². The summed E-state index contributed by atoms with van der Waals surface area (Å²) in [6.07, 6.45) is 5.88. The Hall–Kier alpha value is -2.51. The summed E-state index contributed by atoms with van der Waals surface area (Å²) in [6, 6.07) is 4.40. The van der Waals surface area contributed by atoms with E-state index in [2.05, 4.69) is 5.92 Å². The highest BCUT2D eigenvalue weighted by Gasteiger charge is 2.38. The number of ether oxygens (including phenoxy) is 3. The van der Waals surface area contributed by atoms with Gasteiger partial charge in [-0.05, 0) is 48.2 Å². The Bertz CT molecular complexity index is 1050. The van der Waals surface area contributed by atoms with Crippen LogP contribution in [0.15, 0.2) is 24.3 Å². The molecule has 3 rings (SSSR count). The molecular formula is C27H29ClF4O5. The zero-order chi connectivity index (χ0) is 27.0. The van der Waals surface area contributed by atoms with E-state index in [1.54, 1.807) is 0 Å². The van der Waals surface area contributed by atoms with Crippen LogP contribution in [0, 0.1) is 35.6 Å². The molecule has 1 fully saturated rings. The Morgan fingerprint density at radius 2 is 1.27 bits per heavy atom. The summed E-state index contributed by atoms with van der Waals surface area (Å²) in [6.45, 7) is -1.03. The molecule has 2 N–H and O–H groups in total.